The number of nitrogens with zero attached hydrogens (tertiary/aromatic N) is 1. The number of nitriles is 1. The Morgan fingerprint density at radius 2 is 1.71 bits per heavy atom. The van der Waals surface area contributed by atoms with Crippen LogP contribution in [-0.4, -0.2) is 23.8 Å². The second kappa shape index (κ2) is 5.37. The molecule has 0 saturated heterocycles. The zero-order chi connectivity index (χ0) is 12.2. The van der Waals surface area contributed by atoms with Crippen LogP contribution in [0.5, 0.6) is 0 Å². The van der Waals surface area contributed by atoms with Crippen LogP contribution in [0.25, 0.3) is 0 Å². The SMILES string of the molecule is N#CC1(NCCCO)CCC2(CCCC2)CC1. The van der Waals surface area contributed by atoms with Crippen molar-refractivity contribution in [1.29, 1.82) is 5.26 Å². The highest BCUT2D eigenvalue weighted by atomic mass is 16.3. The summed E-state index contributed by atoms with van der Waals surface area (Å²) in [5.41, 5.74) is 0.280. The number of hydrogen-bond acceptors (Lipinski definition) is 3. The highest BCUT2D eigenvalue weighted by molar-refractivity contribution is 5.11. The third kappa shape index (κ3) is 2.81. The van der Waals surface area contributed by atoms with E-state index < -0.39 is 0 Å². The second-order valence-corrected chi connectivity index (χ2v) is 5.90. The molecular weight excluding hydrogens is 212 g/mol. The van der Waals surface area contributed by atoms with Gasteiger partial charge in [0.15, 0.2) is 0 Å². The van der Waals surface area contributed by atoms with E-state index in [0.29, 0.717) is 5.41 Å². The van der Waals surface area contributed by atoms with Gasteiger partial charge < -0.3 is 5.11 Å². The van der Waals surface area contributed by atoms with E-state index in [-0.39, 0.29) is 12.1 Å². The molecule has 3 heteroatoms. The molecule has 0 atom stereocenters. The van der Waals surface area contributed by atoms with Crippen LogP contribution < -0.4 is 5.32 Å². The third-order valence-electron chi connectivity index (χ3n) is 4.84. The molecule has 3 nitrogen and oxygen atoms in total. The van der Waals surface area contributed by atoms with E-state index in [1.54, 1.807) is 0 Å². The topological polar surface area (TPSA) is 56.0 Å². The lowest BCUT2D eigenvalue weighted by Crippen LogP contribution is -2.49. The molecular formula is C14H24N2O. The molecule has 1 spiro atoms. The van der Waals surface area contributed by atoms with Crippen LogP contribution in [0.15, 0.2) is 0 Å². The molecule has 2 fully saturated rings. The summed E-state index contributed by atoms with van der Waals surface area (Å²) < 4.78 is 0. The van der Waals surface area contributed by atoms with Crippen LogP contribution >= 0.6 is 0 Å². The van der Waals surface area contributed by atoms with Crippen LogP contribution in [0, 0.1) is 16.7 Å². The van der Waals surface area contributed by atoms with E-state index in [1.165, 1.54) is 38.5 Å². The van der Waals surface area contributed by atoms with Crippen molar-refractivity contribution in [3.05, 3.63) is 0 Å². The van der Waals surface area contributed by atoms with Crippen LogP contribution in [0.1, 0.15) is 57.8 Å². The van der Waals surface area contributed by atoms with E-state index >= 15 is 0 Å². The van der Waals surface area contributed by atoms with Gasteiger partial charge in [-0.2, -0.15) is 5.26 Å². The summed E-state index contributed by atoms with van der Waals surface area (Å²) in [4.78, 5) is 0. The van der Waals surface area contributed by atoms with Crippen molar-refractivity contribution in [3.63, 3.8) is 0 Å². The van der Waals surface area contributed by atoms with E-state index in [2.05, 4.69) is 11.4 Å². The molecule has 2 aliphatic rings. The standard InChI is InChI=1S/C14H24N2O/c15-12-14(16-10-3-11-17)8-6-13(7-9-14)4-1-2-5-13/h16-17H,1-11H2. The number of hydrogen-bond donors (Lipinski definition) is 2. The van der Waals surface area contributed by atoms with Crippen molar-refractivity contribution in [1.82, 2.24) is 5.32 Å². The minimum absolute atomic E-state index is 0.207. The zero-order valence-electron chi connectivity index (χ0n) is 10.7. The Morgan fingerprint density at radius 1 is 1.06 bits per heavy atom. The summed E-state index contributed by atoms with van der Waals surface area (Å²) >= 11 is 0. The minimum Gasteiger partial charge on any atom is -0.396 e. The molecule has 0 unspecified atom stereocenters. The van der Waals surface area contributed by atoms with Gasteiger partial charge in [0.05, 0.1) is 6.07 Å². The fraction of sp³-hybridized carbons (Fsp3) is 0.929. The quantitative estimate of drug-likeness (QED) is 0.737. The van der Waals surface area contributed by atoms with Crippen molar-refractivity contribution >= 4 is 0 Å². The normalized spacial score (nSPS) is 25.9. The van der Waals surface area contributed by atoms with Gasteiger partial charge in [0, 0.05) is 6.61 Å². The Labute approximate surface area is 104 Å². The molecule has 2 saturated carbocycles. The first-order valence-corrected chi connectivity index (χ1v) is 7.01. The Kier molecular flexibility index (Phi) is 4.06. The average Bonchev–Trinajstić information content (AvgIpc) is 2.82. The molecule has 0 bridgehead atoms. The fourth-order valence-electron chi connectivity index (χ4n) is 3.57. The average molecular weight is 236 g/mol. The van der Waals surface area contributed by atoms with Gasteiger partial charge in [-0.15, -0.1) is 0 Å². The molecule has 0 aliphatic heterocycles. The molecule has 17 heavy (non-hydrogen) atoms. The van der Waals surface area contributed by atoms with Crippen molar-refractivity contribution in [2.24, 2.45) is 5.41 Å². The minimum atomic E-state index is -0.303. The van der Waals surface area contributed by atoms with Gasteiger partial charge in [0.1, 0.15) is 5.54 Å². The van der Waals surface area contributed by atoms with E-state index in [9.17, 15) is 5.26 Å². The van der Waals surface area contributed by atoms with Gasteiger partial charge in [-0.3, -0.25) is 5.32 Å². The number of aliphatic hydroxyl groups excluding tert-OH is 1. The van der Waals surface area contributed by atoms with Crippen LogP contribution in [-0.2, 0) is 0 Å². The summed E-state index contributed by atoms with van der Waals surface area (Å²) in [6.07, 6.45) is 10.7. The summed E-state index contributed by atoms with van der Waals surface area (Å²) in [5.74, 6) is 0. The van der Waals surface area contributed by atoms with E-state index in [0.717, 1.165) is 25.8 Å². The number of nitrogens with one attached hydrogen (secondary N) is 1. The first-order valence-electron chi connectivity index (χ1n) is 7.01. The fourth-order valence-corrected chi connectivity index (χ4v) is 3.57. The summed E-state index contributed by atoms with van der Waals surface area (Å²) in [6, 6.07) is 2.49. The van der Waals surface area contributed by atoms with Crippen LogP contribution in [0.4, 0.5) is 0 Å². The van der Waals surface area contributed by atoms with Gasteiger partial charge in [0.2, 0.25) is 0 Å². The smallest absolute Gasteiger partial charge is 0.106 e. The molecule has 2 aliphatic carbocycles. The van der Waals surface area contributed by atoms with E-state index in [1.807, 2.05) is 0 Å². The molecule has 0 aromatic carbocycles. The predicted octanol–water partition coefficient (Wildman–Crippen LogP) is 2.36. The maximum absolute atomic E-state index is 9.40. The Morgan fingerprint density at radius 3 is 2.24 bits per heavy atom. The maximum atomic E-state index is 9.40. The molecule has 0 aromatic heterocycles. The lowest BCUT2D eigenvalue weighted by Gasteiger charge is -2.42. The second-order valence-electron chi connectivity index (χ2n) is 5.90. The summed E-state index contributed by atoms with van der Waals surface area (Å²) in [6.45, 7) is 0.968. The molecule has 96 valence electrons. The first kappa shape index (κ1) is 12.9. The molecule has 0 amide bonds. The lowest BCUT2D eigenvalue weighted by atomic mass is 9.67. The summed E-state index contributed by atoms with van der Waals surface area (Å²) in [5, 5.41) is 21.6. The maximum Gasteiger partial charge on any atom is 0.106 e. The zero-order valence-corrected chi connectivity index (χ0v) is 10.7. The predicted molar refractivity (Wildman–Crippen MR) is 67.4 cm³/mol. The van der Waals surface area contributed by atoms with Gasteiger partial charge >= 0.3 is 0 Å². The Balaban J connectivity index is 1.88. The highest BCUT2D eigenvalue weighted by Gasteiger charge is 2.43. The number of aliphatic hydroxyl groups is 1. The van der Waals surface area contributed by atoms with Crippen molar-refractivity contribution in [3.8, 4) is 6.07 Å². The Hall–Kier alpha value is -0.590. The van der Waals surface area contributed by atoms with Gasteiger partial charge in [-0.05, 0) is 56.9 Å². The molecule has 0 radical (unpaired) electrons. The third-order valence-corrected chi connectivity index (χ3v) is 4.84. The largest absolute Gasteiger partial charge is 0.396 e. The van der Waals surface area contributed by atoms with Crippen molar-refractivity contribution in [2.75, 3.05) is 13.2 Å². The van der Waals surface area contributed by atoms with E-state index in [4.69, 9.17) is 5.11 Å². The lowest BCUT2D eigenvalue weighted by molar-refractivity contribution is 0.138. The molecule has 2 N–H and O–H groups in total. The monoisotopic (exact) mass is 236 g/mol. The molecule has 0 heterocycles. The van der Waals surface area contributed by atoms with Crippen molar-refractivity contribution in [2.45, 2.75) is 63.3 Å². The molecule has 2 rings (SSSR count). The van der Waals surface area contributed by atoms with Crippen LogP contribution in [0.3, 0.4) is 0 Å². The van der Waals surface area contributed by atoms with Gasteiger partial charge in [0.25, 0.3) is 0 Å². The Bertz CT molecular complexity index is 279. The first-order chi connectivity index (χ1) is 8.24. The highest BCUT2D eigenvalue weighted by Crippen LogP contribution is 2.51. The summed E-state index contributed by atoms with van der Waals surface area (Å²) in [7, 11) is 0. The molecule has 0 aromatic rings. The van der Waals surface area contributed by atoms with Gasteiger partial charge in [-0.25, -0.2) is 0 Å². The number of rotatable bonds is 4. The van der Waals surface area contributed by atoms with Crippen molar-refractivity contribution < 1.29 is 5.11 Å². The van der Waals surface area contributed by atoms with Crippen LogP contribution in [0.2, 0.25) is 0 Å². The van der Waals surface area contributed by atoms with Gasteiger partial charge in [-0.1, -0.05) is 12.8 Å².